The van der Waals surface area contributed by atoms with Gasteiger partial charge in [-0.2, -0.15) is 5.10 Å². The number of hydrogen-bond donors (Lipinski definition) is 2. The zero-order valence-corrected chi connectivity index (χ0v) is 16.6. The fraction of sp³-hybridized carbons (Fsp3) is 0.333. The van der Waals surface area contributed by atoms with E-state index in [1.807, 2.05) is 6.07 Å². The highest BCUT2D eigenvalue weighted by molar-refractivity contribution is 6.42. The number of amides is 1. The van der Waals surface area contributed by atoms with Gasteiger partial charge in [0.2, 0.25) is 11.9 Å². The lowest BCUT2D eigenvalue weighted by molar-refractivity contribution is -0.126. The van der Waals surface area contributed by atoms with Gasteiger partial charge in [-0.1, -0.05) is 29.3 Å². The smallest absolute Gasteiger partial charge is 0.278 e. The Morgan fingerprint density at radius 3 is 2.82 bits per heavy atom. The van der Waals surface area contributed by atoms with Crippen LogP contribution in [0.25, 0.3) is 11.0 Å². The van der Waals surface area contributed by atoms with Gasteiger partial charge in [0.25, 0.3) is 5.56 Å². The second-order valence-corrected chi connectivity index (χ2v) is 7.74. The van der Waals surface area contributed by atoms with Gasteiger partial charge in [-0.05, 0) is 17.7 Å². The molecule has 1 amide bonds. The second kappa shape index (κ2) is 7.44. The lowest BCUT2D eigenvalue weighted by Gasteiger charge is -2.11. The summed E-state index contributed by atoms with van der Waals surface area (Å²) < 4.78 is 1.63. The molecule has 2 aromatic heterocycles. The molecule has 1 fully saturated rings. The van der Waals surface area contributed by atoms with Crippen LogP contribution in [0.5, 0.6) is 0 Å². The third-order valence-corrected chi connectivity index (χ3v) is 5.53. The quantitative estimate of drug-likeness (QED) is 0.660. The number of nitrogens with zero attached hydrogens (tertiary/aromatic N) is 4. The molecular formula is C18H18Cl2N6O2. The molecule has 3 heterocycles. The van der Waals surface area contributed by atoms with Crippen LogP contribution in [0.3, 0.4) is 0 Å². The predicted octanol–water partition coefficient (Wildman–Crippen LogP) is 2.52. The van der Waals surface area contributed by atoms with Gasteiger partial charge in [-0.25, -0.2) is 4.98 Å². The lowest BCUT2D eigenvalue weighted by Crippen LogP contribution is -2.21. The number of carbonyl (C=O) groups is 1. The number of halogens is 2. The molecule has 10 heteroatoms. The summed E-state index contributed by atoms with van der Waals surface area (Å²) in [6.07, 6.45) is 2.03. The minimum absolute atomic E-state index is 0.113. The van der Waals surface area contributed by atoms with Gasteiger partial charge in [0.15, 0.2) is 5.52 Å². The Morgan fingerprint density at radius 1 is 1.29 bits per heavy atom. The summed E-state index contributed by atoms with van der Waals surface area (Å²) in [5, 5.41) is 8.33. The molecule has 28 heavy (non-hydrogen) atoms. The molecule has 1 saturated heterocycles. The minimum Gasteiger partial charge on any atom is -0.352 e. The molecule has 1 aromatic carbocycles. The molecule has 0 saturated carbocycles. The van der Waals surface area contributed by atoms with Crippen LogP contribution in [0.15, 0.2) is 29.2 Å². The van der Waals surface area contributed by atoms with Crippen LogP contribution in [-0.2, 0) is 17.9 Å². The Kier molecular flexibility index (Phi) is 4.99. The van der Waals surface area contributed by atoms with Crippen molar-refractivity contribution in [3.63, 3.8) is 0 Å². The highest BCUT2D eigenvalue weighted by Crippen LogP contribution is 2.23. The number of likely N-dealkylation sites (tertiary alicyclic amines) is 1. The van der Waals surface area contributed by atoms with E-state index in [1.165, 1.54) is 0 Å². The van der Waals surface area contributed by atoms with E-state index in [4.69, 9.17) is 23.2 Å². The number of fused-ring (bicyclic) bond motifs is 1. The fourth-order valence-electron chi connectivity index (χ4n) is 3.39. The maximum absolute atomic E-state index is 12.6. The second-order valence-electron chi connectivity index (χ2n) is 6.92. The van der Waals surface area contributed by atoms with Crippen LogP contribution >= 0.6 is 23.2 Å². The monoisotopic (exact) mass is 420 g/mol. The number of benzene rings is 1. The van der Waals surface area contributed by atoms with Crippen molar-refractivity contribution in [2.75, 3.05) is 18.9 Å². The van der Waals surface area contributed by atoms with E-state index >= 15 is 0 Å². The number of carbonyl (C=O) groups excluding carboxylic acids is 1. The summed E-state index contributed by atoms with van der Waals surface area (Å²) in [5.74, 6) is 0.591. The van der Waals surface area contributed by atoms with Gasteiger partial charge < -0.3 is 10.2 Å². The average Bonchev–Trinajstić information content (AvgIpc) is 3.19. The van der Waals surface area contributed by atoms with Gasteiger partial charge in [0, 0.05) is 39.0 Å². The SMILES string of the molecule is CN1CC(Cn2ncc3nc(NCc4ccc(Cl)c(Cl)c4)[nH]c(=O)c32)CC1=O. The number of rotatable bonds is 5. The zero-order chi connectivity index (χ0) is 19.8. The van der Waals surface area contributed by atoms with E-state index < -0.39 is 0 Å². The standard InChI is InChI=1S/C18H18Cl2N6O2/c1-25-8-11(5-15(25)27)9-26-16-14(7-22-26)23-18(24-17(16)28)21-6-10-2-3-12(19)13(20)4-10/h2-4,7,11H,5-6,8-9H2,1H3,(H2,21,23,24,28). The molecule has 1 atom stereocenters. The van der Waals surface area contributed by atoms with E-state index in [0.717, 1.165) is 5.56 Å². The first-order valence-corrected chi connectivity index (χ1v) is 9.54. The zero-order valence-electron chi connectivity index (χ0n) is 15.1. The predicted molar refractivity (Wildman–Crippen MR) is 108 cm³/mol. The summed E-state index contributed by atoms with van der Waals surface area (Å²) in [4.78, 5) is 33.2. The van der Waals surface area contributed by atoms with E-state index in [0.29, 0.717) is 53.1 Å². The van der Waals surface area contributed by atoms with Crippen molar-refractivity contribution in [2.24, 2.45) is 5.92 Å². The molecule has 146 valence electrons. The van der Waals surface area contributed by atoms with E-state index in [1.54, 1.807) is 35.0 Å². The largest absolute Gasteiger partial charge is 0.352 e. The van der Waals surface area contributed by atoms with Crippen molar-refractivity contribution in [3.05, 3.63) is 50.4 Å². The third kappa shape index (κ3) is 3.70. The molecule has 0 bridgehead atoms. The number of aromatic nitrogens is 4. The first-order valence-electron chi connectivity index (χ1n) is 8.78. The molecule has 2 N–H and O–H groups in total. The van der Waals surface area contributed by atoms with Gasteiger partial charge in [0.05, 0.1) is 16.2 Å². The third-order valence-electron chi connectivity index (χ3n) is 4.80. The van der Waals surface area contributed by atoms with Crippen molar-refractivity contribution < 1.29 is 4.79 Å². The van der Waals surface area contributed by atoms with Crippen molar-refractivity contribution in [2.45, 2.75) is 19.5 Å². The Bertz CT molecular complexity index is 1110. The van der Waals surface area contributed by atoms with E-state index in [2.05, 4.69) is 20.4 Å². The topological polar surface area (TPSA) is 95.9 Å². The van der Waals surface area contributed by atoms with Crippen LogP contribution in [0.1, 0.15) is 12.0 Å². The van der Waals surface area contributed by atoms with Gasteiger partial charge in [-0.15, -0.1) is 0 Å². The van der Waals surface area contributed by atoms with Crippen LogP contribution in [0.2, 0.25) is 10.0 Å². The average molecular weight is 421 g/mol. The Balaban J connectivity index is 1.52. The molecule has 8 nitrogen and oxygen atoms in total. The summed E-state index contributed by atoms with van der Waals surface area (Å²) in [7, 11) is 1.78. The van der Waals surface area contributed by atoms with Crippen molar-refractivity contribution in [1.82, 2.24) is 24.6 Å². The van der Waals surface area contributed by atoms with Gasteiger partial charge >= 0.3 is 0 Å². The van der Waals surface area contributed by atoms with Crippen LogP contribution in [0.4, 0.5) is 5.95 Å². The highest BCUT2D eigenvalue weighted by atomic mass is 35.5. The van der Waals surface area contributed by atoms with Gasteiger partial charge in [-0.3, -0.25) is 19.3 Å². The molecule has 0 aliphatic carbocycles. The first kappa shape index (κ1) is 18.8. The Morgan fingerprint density at radius 2 is 2.11 bits per heavy atom. The Hall–Kier alpha value is -2.58. The molecule has 1 unspecified atom stereocenters. The van der Waals surface area contributed by atoms with Crippen LogP contribution in [-0.4, -0.2) is 44.1 Å². The number of aromatic amines is 1. The maximum Gasteiger partial charge on any atom is 0.278 e. The fourth-order valence-corrected chi connectivity index (χ4v) is 3.71. The van der Waals surface area contributed by atoms with Crippen molar-refractivity contribution >= 4 is 46.1 Å². The highest BCUT2D eigenvalue weighted by Gasteiger charge is 2.28. The van der Waals surface area contributed by atoms with Crippen molar-refractivity contribution in [1.29, 1.82) is 0 Å². The summed E-state index contributed by atoms with van der Waals surface area (Å²) >= 11 is 11.9. The van der Waals surface area contributed by atoms with E-state index in [-0.39, 0.29) is 17.4 Å². The number of hydrogen-bond acceptors (Lipinski definition) is 5. The molecule has 0 spiro atoms. The summed E-state index contributed by atoms with van der Waals surface area (Å²) in [5.41, 5.74) is 1.53. The minimum atomic E-state index is -0.281. The number of H-pyrrole nitrogens is 1. The normalized spacial score (nSPS) is 16.9. The first-order chi connectivity index (χ1) is 13.4. The Labute approximate surface area is 170 Å². The number of nitrogens with one attached hydrogen (secondary N) is 2. The maximum atomic E-state index is 12.6. The molecule has 1 aliphatic rings. The molecular weight excluding hydrogens is 403 g/mol. The molecule has 1 aliphatic heterocycles. The summed E-state index contributed by atoms with van der Waals surface area (Å²) in [6.45, 7) is 1.59. The van der Waals surface area contributed by atoms with Crippen LogP contribution < -0.4 is 10.9 Å². The molecule has 3 aromatic rings. The van der Waals surface area contributed by atoms with E-state index in [9.17, 15) is 9.59 Å². The molecule has 0 radical (unpaired) electrons. The summed E-state index contributed by atoms with van der Waals surface area (Å²) in [6, 6.07) is 5.32. The molecule has 4 rings (SSSR count). The lowest BCUT2D eigenvalue weighted by atomic mass is 10.1. The van der Waals surface area contributed by atoms with Crippen molar-refractivity contribution in [3.8, 4) is 0 Å². The van der Waals surface area contributed by atoms with Crippen LogP contribution in [0, 0.1) is 5.92 Å². The number of anilines is 1. The van der Waals surface area contributed by atoms with Gasteiger partial charge in [0.1, 0.15) is 5.52 Å².